The van der Waals surface area contributed by atoms with Crippen LogP contribution in [0.3, 0.4) is 0 Å². The monoisotopic (exact) mass is 351 g/mol. The number of sulfonamides is 1. The fourth-order valence-corrected chi connectivity index (χ4v) is 4.77. The number of aliphatic hydroxyl groups excluding tert-OH is 1. The minimum atomic E-state index is -3.64. The summed E-state index contributed by atoms with van der Waals surface area (Å²) < 4.78 is 47.7. The predicted octanol–water partition coefficient (Wildman–Crippen LogP) is -0.0540. The lowest BCUT2D eigenvalue weighted by atomic mass is 10.2. The summed E-state index contributed by atoms with van der Waals surface area (Å²) in [5.74, 6) is 4.76. The molecule has 0 aliphatic heterocycles. The zero-order valence-electron chi connectivity index (χ0n) is 11.5. The molecule has 0 fully saturated rings. The Morgan fingerprint density at radius 3 is 2.62 bits per heavy atom. The number of nitrogens with one attached hydrogen (secondary N) is 1. The third-order valence-corrected chi connectivity index (χ3v) is 5.83. The zero-order chi connectivity index (χ0) is 15.9. The predicted molar refractivity (Wildman–Crippen MR) is 83.2 cm³/mol. The summed E-state index contributed by atoms with van der Waals surface area (Å²) in [5.41, 5.74) is 0.708. The SMILES string of the molecule is CS(=O)(=O)CCS(=O)(=O)NCc1sccc1C#CCCO. The summed E-state index contributed by atoms with van der Waals surface area (Å²) >= 11 is 1.36. The number of rotatable bonds is 7. The van der Waals surface area contributed by atoms with Gasteiger partial charge in [0.2, 0.25) is 10.0 Å². The van der Waals surface area contributed by atoms with Crippen LogP contribution in [0.15, 0.2) is 11.4 Å². The second kappa shape index (κ2) is 7.91. The van der Waals surface area contributed by atoms with E-state index in [1.54, 1.807) is 11.4 Å². The minimum absolute atomic E-state index is 0.0232. The van der Waals surface area contributed by atoms with Crippen LogP contribution >= 0.6 is 11.3 Å². The van der Waals surface area contributed by atoms with Gasteiger partial charge < -0.3 is 5.11 Å². The fraction of sp³-hybridized carbons (Fsp3) is 0.500. The van der Waals surface area contributed by atoms with Crippen molar-refractivity contribution >= 4 is 31.2 Å². The van der Waals surface area contributed by atoms with Gasteiger partial charge in [0.1, 0.15) is 9.84 Å². The van der Waals surface area contributed by atoms with E-state index in [4.69, 9.17) is 5.11 Å². The average Bonchev–Trinajstić information content (AvgIpc) is 2.82. The molecule has 0 spiro atoms. The Balaban J connectivity index is 2.64. The van der Waals surface area contributed by atoms with E-state index >= 15 is 0 Å². The van der Waals surface area contributed by atoms with Crippen LogP contribution in [-0.4, -0.2) is 46.3 Å². The first-order chi connectivity index (χ1) is 9.73. The maximum Gasteiger partial charge on any atom is 0.212 e. The van der Waals surface area contributed by atoms with E-state index in [-0.39, 0.29) is 13.2 Å². The standard InChI is InChI=1S/C12H17NO5S3/c1-20(15,16)8-9-21(17,18)13-10-12-11(5-7-19-12)4-2-3-6-14/h5,7,13-14H,3,6,8-10H2,1H3. The summed E-state index contributed by atoms with van der Waals surface area (Å²) in [6.07, 6.45) is 1.35. The number of aliphatic hydroxyl groups is 1. The molecule has 0 amide bonds. The molecule has 0 saturated heterocycles. The topological polar surface area (TPSA) is 101 Å². The van der Waals surface area contributed by atoms with Crippen LogP contribution < -0.4 is 4.72 Å². The highest BCUT2D eigenvalue weighted by Gasteiger charge is 2.15. The second-order valence-electron chi connectivity index (χ2n) is 4.30. The van der Waals surface area contributed by atoms with Gasteiger partial charge in [0.25, 0.3) is 0 Å². The highest BCUT2D eigenvalue weighted by Crippen LogP contribution is 2.15. The van der Waals surface area contributed by atoms with Gasteiger partial charge in [-0.05, 0) is 11.4 Å². The highest BCUT2D eigenvalue weighted by molar-refractivity contribution is 7.93. The van der Waals surface area contributed by atoms with Gasteiger partial charge in [0.15, 0.2) is 0 Å². The lowest BCUT2D eigenvalue weighted by Gasteiger charge is -2.05. The van der Waals surface area contributed by atoms with Crippen LogP contribution in [0, 0.1) is 11.8 Å². The van der Waals surface area contributed by atoms with Crippen LogP contribution in [0.25, 0.3) is 0 Å². The molecule has 0 aromatic carbocycles. The van der Waals surface area contributed by atoms with E-state index in [0.29, 0.717) is 12.0 Å². The van der Waals surface area contributed by atoms with Gasteiger partial charge in [-0.25, -0.2) is 21.6 Å². The van der Waals surface area contributed by atoms with Crippen LogP contribution in [0.1, 0.15) is 16.9 Å². The van der Waals surface area contributed by atoms with Crippen molar-refractivity contribution in [2.45, 2.75) is 13.0 Å². The lowest BCUT2D eigenvalue weighted by Crippen LogP contribution is -2.29. The van der Waals surface area contributed by atoms with Crippen molar-refractivity contribution in [3.8, 4) is 11.8 Å². The molecule has 1 aromatic heterocycles. The third-order valence-electron chi connectivity index (χ3n) is 2.38. The number of hydrogen-bond donors (Lipinski definition) is 2. The fourth-order valence-electron chi connectivity index (χ4n) is 1.31. The van der Waals surface area contributed by atoms with E-state index in [1.165, 1.54) is 11.3 Å². The van der Waals surface area contributed by atoms with Gasteiger partial charge in [0, 0.05) is 29.7 Å². The van der Waals surface area contributed by atoms with Crippen molar-refractivity contribution in [3.05, 3.63) is 21.9 Å². The number of hydrogen-bond acceptors (Lipinski definition) is 6. The normalized spacial score (nSPS) is 11.9. The first-order valence-corrected chi connectivity index (χ1v) is 10.6. The quantitative estimate of drug-likeness (QED) is 0.671. The summed E-state index contributed by atoms with van der Waals surface area (Å²) in [6.45, 7) is 0.0531. The smallest absolute Gasteiger partial charge is 0.212 e. The van der Waals surface area contributed by atoms with Crippen LogP contribution in [0.4, 0.5) is 0 Å². The lowest BCUT2D eigenvalue weighted by molar-refractivity contribution is 0.305. The molecule has 0 unspecified atom stereocenters. The van der Waals surface area contributed by atoms with Gasteiger partial charge in [-0.3, -0.25) is 0 Å². The summed E-state index contributed by atoms with van der Waals surface area (Å²) in [4.78, 5) is 0.753. The molecule has 0 saturated carbocycles. The minimum Gasteiger partial charge on any atom is -0.395 e. The van der Waals surface area contributed by atoms with E-state index < -0.39 is 31.4 Å². The first kappa shape index (κ1) is 18.1. The van der Waals surface area contributed by atoms with Crippen molar-refractivity contribution in [1.82, 2.24) is 4.72 Å². The molecule has 2 N–H and O–H groups in total. The van der Waals surface area contributed by atoms with Gasteiger partial charge in [-0.15, -0.1) is 11.3 Å². The van der Waals surface area contributed by atoms with Crippen molar-refractivity contribution < 1.29 is 21.9 Å². The Hall–Kier alpha value is -0.920. The first-order valence-electron chi connectivity index (χ1n) is 6.05. The molecule has 21 heavy (non-hydrogen) atoms. The van der Waals surface area contributed by atoms with Crippen LogP contribution in [-0.2, 0) is 26.4 Å². The Morgan fingerprint density at radius 2 is 2.00 bits per heavy atom. The molecule has 6 nitrogen and oxygen atoms in total. The number of thiophene rings is 1. The molecule has 0 radical (unpaired) electrons. The molecule has 0 aliphatic rings. The number of sulfone groups is 1. The Labute approximate surface area is 129 Å². The van der Waals surface area contributed by atoms with Crippen LogP contribution in [0.2, 0.25) is 0 Å². The Kier molecular flexibility index (Phi) is 6.83. The Morgan fingerprint density at radius 1 is 1.29 bits per heavy atom. The molecule has 0 atom stereocenters. The molecule has 1 heterocycles. The summed E-state index contributed by atoms with van der Waals surface area (Å²) in [7, 11) is -6.96. The van der Waals surface area contributed by atoms with Gasteiger partial charge in [0.05, 0.1) is 18.1 Å². The van der Waals surface area contributed by atoms with Crippen LogP contribution in [0.5, 0.6) is 0 Å². The molecular formula is C12H17NO5S3. The molecular weight excluding hydrogens is 334 g/mol. The van der Waals surface area contributed by atoms with Gasteiger partial charge in [-0.2, -0.15) is 0 Å². The molecule has 118 valence electrons. The van der Waals surface area contributed by atoms with Gasteiger partial charge >= 0.3 is 0 Å². The maximum absolute atomic E-state index is 11.7. The molecule has 1 aromatic rings. The maximum atomic E-state index is 11.7. The van der Waals surface area contributed by atoms with Gasteiger partial charge in [-0.1, -0.05) is 11.8 Å². The van der Waals surface area contributed by atoms with E-state index in [0.717, 1.165) is 11.1 Å². The molecule has 1 rings (SSSR count). The van der Waals surface area contributed by atoms with E-state index in [1.807, 2.05) is 0 Å². The van der Waals surface area contributed by atoms with E-state index in [9.17, 15) is 16.8 Å². The van der Waals surface area contributed by atoms with Crippen molar-refractivity contribution in [3.63, 3.8) is 0 Å². The average molecular weight is 351 g/mol. The Bertz CT molecular complexity index is 722. The van der Waals surface area contributed by atoms with E-state index in [2.05, 4.69) is 16.6 Å². The summed E-state index contributed by atoms with van der Waals surface area (Å²) in [6, 6.07) is 1.77. The third kappa shape index (κ3) is 7.59. The summed E-state index contributed by atoms with van der Waals surface area (Å²) in [5, 5.41) is 10.5. The highest BCUT2D eigenvalue weighted by atomic mass is 32.2. The largest absolute Gasteiger partial charge is 0.395 e. The molecule has 9 heteroatoms. The van der Waals surface area contributed by atoms with Crippen molar-refractivity contribution in [1.29, 1.82) is 0 Å². The molecule has 0 aliphatic carbocycles. The zero-order valence-corrected chi connectivity index (χ0v) is 13.9. The second-order valence-corrected chi connectivity index (χ2v) is 9.49. The van der Waals surface area contributed by atoms with Crippen molar-refractivity contribution in [2.24, 2.45) is 0 Å². The van der Waals surface area contributed by atoms with Crippen molar-refractivity contribution in [2.75, 3.05) is 24.4 Å². The molecule has 0 bridgehead atoms.